The first kappa shape index (κ1) is 13.3. The first-order valence-electron chi connectivity index (χ1n) is 7.27. The molecule has 0 radical (unpaired) electrons. The number of aryl methyl sites for hydroxylation is 1. The molecular formula is C14H24N4S. The summed E-state index contributed by atoms with van der Waals surface area (Å²) in [4.78, 5) is 11.3. The number of likely N-dealkylation sites (N-methyl/N-ethyl adjacent to an activating group) is 1. The zero-order chi connectivity index (χ0) is 13.4. The van der Waals surface area contributed by atoms with Crippen molar-refractivity contribution in [1.29, 1.82) is 0 Å². The number of fused-ring (bicyclic) bond motifs is 2. The van der Waals surface area contributed by atoms with E-state index in [4.69, 9.17) is 4.98 Å². The van der Waals surface area contributed by atoms with Crippen molar-refractivity contribution in [2.75, 3.05) is 32.1 Å². The summed E-state index contributed by atoms with van der Waals surface area (Å²) in [7, 11) is 4.30. The molecule has 0 aromatic carbocycles. The summed E-state index contributed by atoms with van der Waals surface area (Å²) >= 11 is 1.86. The number of aromatic nitrogens is 1. The largest absolute Gasteiger partial charge is 0.346 e. The SMILES string of the molecule is CNCc1sc(N2CCC3CCC(C2)N3C)nc1C. The van der Waals surface area contributed by atoms with Gasteiger partial charge in [-0.15, -0.1) is 11.3 Å². The standard InChI is InChI=1S/C14H24N4S/c1-10-13(8-15-2)19-14(16-10)18-7-6-11-4-5-12(9-18)17(11)3/h11-12,15H,4-9H2,1-3H3. The van der Waals surface area contributed by atoms with Crippen LogP contribution in [0.15, 0.2) is 0 Å². The van der Waals surface area contributed by atoms with E-state index in [0.717, 1.165) is 31.7 Å². The number of hydrogen-bond donors (Lipinski definition) is 1. The van der Waals surface area contributed by atoms with Gasteiger partial charge >= 0.3 is 0 Å². The Bertz CT molecular complexity index is 445. The van der Waals surface area contributed by atoms with Crippen molar-refractivity contribution in [3.63, 3.8) is 0 Å². The molecule has 0 saturated carbocycles. The van der Waals surface area contributed by atoms with Crippen LogP contribution in [0.3, 0.4) is 0 Å². The molecule has 5 heteroatoms. The number of hydrogen-bond acceptors (Lipinski definition) is 5. The Hall–Kier alpha value is -0.650. The van der Waals surface area contributed by atoms with E-state index in [2.05, 4.69) is 29.1 Å². The van der Waals surface area contributed by atoms with Gasteiger partial charge in [-0.3, -0.25) is 4.90 Å². The number of nitrogens with one attached hydrogen (secondary N) is 1. The van der Waals surface area contributed by atoms with E-state index in [1.807, 2.05) is 18.4 Å². The molecule has 3 heterocycles. The summed E-state index contributed by atoms with van der Waals surface area (Å²) in [5.74, 6) is 0. The second kappa shape index (κ2) is 5.38. The van der Waals surface area contributed by atoms with Gasteiger partial charge in [0.2, 0.25) is 0 Å². The molecule has 2 aliphatic rings. The molecule has 2 atom stereocenters. The van der Waals surface area contributed by atoms with Gasteiger partial charge in [-0.05, 0) is 40.3 Å². The van der Waals surface area contributed by atoms with E-state index in [9.17, 15) is 0 Å². The van der Waals surface area contributed by atoms with Crippen molar-refractivity contribution in [3.8, 4) is 0 Å². The maximum atomic E-state index is 4.79. The van der Waals surface area contributed by atoms with Crippen LogP contribution in [0.25, 0.3) is 0 Å². The van der Waals surface area contributed by atoms with Gasteiger partial charge < -0.3 is 10.2 Å². The second-order valence-corrected chi connectivity index (χ2v) is 6.88. The predicted molar refractivity (Wildman–Crippen MR) is 81.0 cm³/mol. The Morgan fingerprint density at radius 1 is 1.32 bits per heavy atom. The highest BCUT2D eigenvalue weighted by atomic mass is 32.1. The summed E-state index contributed by atoms with van der Waals surface area (Å²) in [6.07, 6.45) is 4.02. The van der Waals surface area contributed by atoms with Gasteiger partial charge in [-0.2, -0.15) is 0 Å². The van der Waals surface area contributed by atoms with E-state index >= 15 is 0 Å². The maximum absolute atomic E-state index is 4.79. The maximum Gasteiger partial charge on any atom is 0.185 e. The van der Waals surface area contributed by atoms with Crippen LogP contribution < -0.4 is 10.2 Å². The van der Waals surface area contributed by atoms with Crippen LogP contribution >= 0.6 is 11.3 Å². The monoisotopic (exact) mass is 280 g/mol. The smallest absolute Gasteiger partial charge is 0.185 e. The molecule has 2 bridgehead atoms. The Labute approximate surface area is 119 Å². The lowest BCUT2D eigenvalue weighted by Gasteiger charge is -2.25. The summed E-state index contributed by atoms with van der Waals surface area (Å²) in [5, 5.41) is 4.46. The number of thiazole rings is 1. The van der Waals surface area contributed by atoms with Crippen LogP contribution in [-0.4, -0.2) is 49.2 Å². The first-order chi connectivity index (χ1) is 9.19. The average molecular weight is 280 g/mol. The molecular weight excluding hydrogens is 256 g/mol. The number of anilines is 1. The fraction of sp³-hybridized carbons (Fsp3) is 0.786. The third-order valence-corrected chi connectivity index (χ3v) is 5.86. The number of nitrogens with zero attached hydrogens (tertiary/aromatic N) is 3. The van der Waals surface area contributed by atoms with Gasteiger partial charge in [0.15, 0.2) is 5.13 Å². The fourth-order valence-corrected chi connectivity index (χ4v) is 4.46. The molecule has 4 nitrogen and oxygen atoms in total. The minimum absolute atomic E-state index is 0.726. The highest BCUT2D eigenvalue weighted by molar-refractivity contribution is 7.15. The van der Waals surface area contributed by atoms with E-state index in [1.165, 1.54) is 35.0 Å². The molecule has 2 unspecified atom stereocenters. The van der Waals surface area contributed by atoms with Crippen LogP contribution in [0.4, 0.5) is 5.13 Å². The van der Waals surface area contributed by atoms with Gasteiger partial charge in [-0.25, -0.2) is 4.98 Å². The van der Waals surface area contributed by atoms with Crippen molar-refractivity contribution < 1.29 is 0 Å². The lowest BCUT2D eigenvalue weighted by molar-refractivity contribution is 0.254. The Morgan fingerprint density at radius 3 is 2.89 bits per heavy atom. The molecule has 1 aromatic rings. The van der Waals surface area contributed by atoms with E-state index in [1.54, 1.807) is 0 Å². The summed E-state index contributed by atoms with van der Waals surface area (Å²) in [6.45, 7) is 5.38. The topological polar surface area (TPSA) is 31.4 Å². The third kappa shape index (κ3) is 2.51. The van der Waals surface area contributed by atoms with Gasteiger partial charge in [0.05, 0.1) is 5.69 Å². The van der Waals surface area contributed by atoms with Crippen LogP contribution in [-0.2, 0) is 6.54 Å². The van der Waals surface area contributed by atoms with Crippen LogP contribution in [0.1, 0.15) is 29.8 Å². The van der Waals surface area contributed by atoms with E-state index in [-0.39, 0.29) is 0 Å². The zero-order valence-corrected chi connectivity index (χ0v) is 13.0. The van der Waals surface area contributed by atoms with E-state index in [0.29, 0.717) is 0 Å². The normalized spacial score (nSPS) is 27.8. The van der Waals surface area contributed by atoms with Crippen LogP contribution in [0.5, 0.6) is 0 Å². The summed E-state index contributed by atoms with van der Waals surface area (Å²) < 4.78 is 0. The highest BCUT2D eigenvalue weighted by Crippen LogP contribution is 2.33. The van der Waals surface area contributed by atoms with Crippen molar-refractivity contribution in [3.05, 3.63) is 10.6 Å². The molecule has 0 amide bonds. The van der Waals surface area contributed by atoms with Gasteiger partial charge in [0.25, 0.3) is 0 Å². The Kier molecular flexibility index (Phi) is 3.78. The lowest BCUT2D eigenvalue weighted by Crippen LogP contribution is -2.36. The van der Waals surface area contributed by atoms with Crippen LogP contribution in [0, 0.1) is 6.92 Å². The van der Waals surface area contributed by atoms with Gasteiger partial charge in [-0.1, -0.05) is 0 Å². The molecule has 2 aliphatic heterocycles. The van der Waals surface area contributed by atoms with Gasteiger partial charge in [0.1, 0.15) is 0 Å². The summed E-state index contributed by atoms with van der Waals surface area (Å²) in [6, 6.07) is 1.53. The second-order valence-electron chi connectivity index (χ2n) is 5.82. The van der Waals surface area contributed by atoms with Crippen LogP contribution in [0.2, 0.25) is 0 Å². The average Bonchev–Trinajstić information content (AvgIpc) is 2.82. The molecule has 3 rings (SSSR count). The van der Waals surface area contributed by atoms with Gasteiger partial charge in [0, 0.05) is 36.6 Å². The molecule has 2 fully saturated rings. The molecule has 19 heavy (non-hydrogen) atoms. The Balaban J connectivity index is 1.77. The number of rotatable bonds is 3. The van der Waals surface area contributed by atoms with Crippen molar-refractivity contribution in [2.24, 2.45) is 0 Å². The first-order valence-corrected chi connectivity index (χ1v) is 8.08. The zero-order valence-electron chi connectivity index (χ0n) is 12.1. The molecule has 0 spiro atoms. The fourth-order valence-electron chi connectivity index (χ4n) is 3.36. The van der Waals surface area contributed by atoms with Crippen molar-refractivity contribution >= 4 is 16.5 Å². The predicted octanol–water partition coefficient (Wildman–Crippen LogP) is 1.84. The quantitative estimate of drug-likeness (QED) is 0.915. The minimum Gasteiger partial charge on any atom is -0.346 e. The molecule has 1 aromatic heterocycles. The molecule has 2 saturated heterocycles. The molecule has 0 aliphatic carbocycles. The lowest BCUT2D eigenvalue weighted by atomic mass is 10.1. The highest BCUT2D eigenvalue weighted by Gasteiger charge is 2.35. The minimum atomic E-state index is 0.726. The van der Waals surface area contributed by atoms with Crippen molar-refractivity contribution in [2.45, 2.75) is 44.8 Å². The van der Waals surface area contributed by atoms with Crippen molar-refractivity contribution in [1.82, 2.24) is 15.2 Å². The summed E-state index contributed by atoms with van der Waals surface area (Å²) in [5.41, 5.74) is 1.19. The third-order valence-electron chi connectivity index (χ3n) is 4.64. The Morgan fingerprint density at radius 2 is 2.11 bits per heavy atom. The van der Waals surface area contributed by atoms with E-state index < -0.39 is 0 Å². The molecule has 1 N–H and O–H groups in total. The molecule has 106 valence electrons.